The Labute approximate surface area is 115 Å². The average molecular weight is 261 g/mol. The molecule has 1 heterocycles. The highest BCUT2D eigenvalue weighted by molar-refractivity contribution is 5.84. The summed E-state index contributed by atoms with van der Waals surface area (Å²) in [7, 11) is 1.99. The van der Waals surface area contributed by atoms with Crippen molar-refractivity contribution < 1.29 is 4.79 Å². The maximum Gasteiger partial charge on any atom is 0.240 e. The molecule has 0 radical (unpaired) electrons. The summed E-state index contributed by atoms with van der Waals surface area (Å²) in [6, 6.07) is 8.46. The number of hydrogen-bond donors (Lipinski definition) is 2. The fraction of sp³-hybridized carbons (Fsp3) is 0.533. The number of rotatable bonds is 4. The molecule has 0 saturated carbocycles. The summed E-state index contributed by atoms with van der Waals surface area (Å²) in [4.78, 5) is 13.8. The van der Waals surface area contributed by atoms with Gasteiger partial charge in [-0.2, -0.15) is 0 Å². The topological polar surface area (TPSA) is 58.4 Å². The lowest BCUT2D eigenvalue weighted by molar-refractivity contribution is -0.119. The normalized spacial score (nSPS) is 20.5. The van der Waals surface area contributed by atoms with E-state index in [-0.39, 0.29) is 11.9 Å². The van der Waals surface area contributed by atoms with Crippen molar-refractivity contribution in [2.75, 3.05) is 18.5 Å². The van der Waals surface area contributed by atoms with Gasteiger partial charge in [-0.15, -0.1) is 0 Å². The van der Waals surface area contributed by atoms with Crippen LogP contribution in [0, 0.1) is 0 Å². The molecule has 104 valence electrons. The molecule has 0 fully saturated rings. The van der Waals surface area contributed by atoms with E-state index in [4.69, 9.17) is 5.73 Å². The molecule has 1 aliphatic rings. The highest BCUT2D eigenvalue weighted by Gasteiger charge is 2.28. The first-order chi connectivity index (χ1) is 9.19. The van der Waals surface area contributed by atoms with Gasteiger partial charge < -0.3 is 16.0 Å². The van der Waals surface area contributed by atoms with Crippen LogP contribution in [0.25, 0.3) is 0 Å². The molecule has 4 heteroatoms. The van der Waals surface area contributed by atoms with Crippen LogP contribution in [-0.2, 0) is 4.79 Å². The monoisotopic (exact) mass is 261 g/mol. The number of nitrogens with two attached hydrogens (primary N) is 1. The third-order valence-electron chi connectivity index (χ3n) is 3.95. The minimum Gasteiger partial charge on any atom is -0.368 e. The number of nitrogens with one attached hydrogen (secondary N) is 1. The number of carbonyl (C=O) groups is 1. The van der Waals surface area contributed by atoms with E-state index in [0.717, 1.165) is 31.5 Å². The second-order valence-corrected chi connectivity index (χ2v) is 5.06. The van der Waals surface area contributed by atoms with Crippen molar-refractivity contribution in [2.45, 2.75) is 38.3 Å². The summed E-state index contributed by atoms with van der Waals surface area (Å²) in [5.74, 6) is -0.236. The molecule has 0 spiro atoms. The van der Waals surface area contributed by atoms with Crippen LogP contribution in [0.15, 0.2) is 24.3 Å². The molecular formula is C15H23N3O. The molecule has 0 aliphatic carbocycles. The molecule has 2 rings (SSSR count). The van der Waals surface area contributed by atoms with Gasteiger partial charge in [-0.1, -0.05) is 25.1 Å². The van der Waals surface area contributed by atoms with Crippen molar-refractivity contribution in [1.29, 1.82) is 0 Å². The van der Waals surface area contributed by atoms with E-state index in [1.165, 1.54) is 5.56 Å². The zero-order chi connectivity index (χ0) is 13.8. The highest BCUT2D eigenvalue weighted by Crippen LogP contribution is 2.34. The Morgan fingerprint density at radius 2 is 2.26 bits per heavy atom. The van der Waals surface area contributed by atoms with Gasteiger partial charge in [-0.3, -0.25) is 4.79 Å². The number of amides is 1. The molecule has 19 heavy (non-hydrogen) atoms. The molecule has 4 nitrogen and oxygen atoms in total. The summed E-state index contributed by atoms with van der Waals surface area (Å²) in [6.07, 6.45) is 2.89. The van der Waals surface area contributed by atoms with E-state index < -0.39 is 0 Å². The van der Waals surface area contributed by atoms with Crippen molar-refractivity contribution in [1.82, 2.24) is 5.32 Å². The first-order valence-corrected chi connectivity index (χ1v) is 7.01. The predicted molar refractivity (Wildman–Crippen MR) is 78.1 cm³/mol. The summed E-state index contributed by atoms with van der Waals surface area (Å²) < 4.78 is 0. The van der Waals surface area contributed by atoms with E-state index >= 15 is 0 Å². The van der Waals surface area contributed by atoms with Crippen LogP contribution >= 0.6 is 0 Å². The minimum absolute atomic E-state index is 0.211. The lowest BCUT2D eigenvalue weighted by Crippen LogP contribution is -2.45. The number of para-hydroxylation sites is 1. The molecule has 1 aliphatic heterocycles. The molecule has 2 atom stereocenters. The van der Waals surface area contributed by atoms with Gasteiger partial charge in [0, 0.05) is 18.3 Å². The number of fused-ring (bicyclic) bond motifs is 1. The molecule has 0 saturated heterocycles. The van der Waals surface area contributed by atoms with Crippen molar-refractivity contribution in [3.63, 3.8) is 0 Å². The predicted octanol–water partition coefficient (Wildman–Crippen LogP) is 1.81. The minimum atomic E-state index is -0.236. The number of hydrogen-bond acceptors (Lipinski definition) is 3. The maximum atomic E-state index is 11.7. The summed E-state index contributed by atoms with van der Waals surface area (Å²) in [5.41, 5.74) is 7.97. The van der Waals surface area contributed by atoms with Gasteiger partial charge in [0.05, 0.1) is 0 Å². The Hall–Kier alpha value is -1.55. The Morgan fingerprint density at radius 1 is 1.53 bits per heavy atom. The molecule has 2 unspecified atom stereocenters. The first-order valence-electron chi connectivity index (χ1n) is 7.01. The lowest BCUT2D eigenvalue weighted by atomic mass is 10.0. The SMILES string of the molecule is CCC(C(N)=O)N1CCCC(NC)c2ccccc21. The number of benzene rings is 1. The van der Waals surface area contributed by atoms with Crippen LogP contribution in [0.2, 0.25) is 0 Å². The Bertz CT molecular complexity index is 447. The van der Waals surface area contributed by atoms with Crippen LogP contribution in [0.3, 0.4) is 0 Å². The second kappa shape index (κ2) is 6.06. The van der Waals surface area contributed by atoms with Crippen LogP contribution < -0.4 is 16.0 Å². The van der Waals surface area contributed by atoms with Crippen molar-refractivity contribution in [3.05, 3.63) is 29.8 Å². The van der Waals surface area contributed by atoms with E-state index in [9.17, 15) is 4.79 Å². The van der Waals surface area contributed by atoms with E-state index in [2.05, 4.69) is 28.4 Å². The smallest absolute Gasteiger partial charge is 0.240 e. The molecule has 1 aromatic rings. The van der Waals surface area contributed by atoms with Gasteiger partial charge in [0.1, 0.15) is 6.04 Å². The summed E-state index contributed by atoms with van der Waals surface area (Å²) in [5, 5.41) is 3.36. The van der Waals surface area contributed by atoms with Crippen molar-refractivity contribution in [2.24, 2.45) is 5.73 Å². The van der Waals surface area contributed by atoms with Gasteiger partial charge in [0.15, 0.2) is 0 Å². The van der Waals surface area contributed by atoms with Crippen LogP contribution in [0.4, 0.5) is 5.69 Å². The number of nitrogens with zero attached hydrogens (tertiary/aromatic N) is 1. The van der Waals surface area contributed by atoms with Gasteiger partial charge in [-0.25, -0.2) is 0 Å². The number of primary amides is 1. The van der Waals surface area contributed by atoms with Gasteiger partial charge in [0.2, 0.25) is 5.91 Å². The van der Waals surface area contributed by atoms with Crippen LogP contribution in [0.1, 0.15) is 37.8 Å². The van der Waals surface area contributed by atoms with Gasteiger partial charge in [-0.05, 0) is 37.9 Å². The van der Waals surface area contributed by atoms with Crippen molar-refractivity contribution >= 4 is 11.6 Å². The summed E-state index contributed by atoms with van der Waals surface area (Å²) >= 11 is 0. The van der Waals surface area contributed by atoms with Crippen molar-refractivity contribution in [3.8, 4) is 0 Å². The largest absolute Gasteiger partial charge is 0.368 e. The highest BCUT2D eigenvalue weighted by atomic mass is 16.1. The number of anilines is 1. The van der Waals surface area contributed by atoms with E-state index in [0.29, 0.717) is 6.04 Å². The number of carbonyl (C=O) groups excluding carboxylic acids is 1. The first kappa shape index (κ1) is 13.9. The molecule has 1 aromatic carbocycles. The van der Waals surface area contributed by atoms with Crippen LogP contribution in [0.5, 0.6) is 0 Å². The Balaban J connectivity index is 2.42. The lowest BCUT2D eigenvalue weighted by Gasteiger charge is -2.31. The van der Waals surface area contributed by atoms with E-state index in [1.807, 2.05) is 20.0 Å². The molecule has 0 bridgehead atoms. The fourth-order valence-electron chi connectivity index (χ4n) is 2.98. The Morgan fingerprint density at radius 3 is 2.89 bits per heavy atom. The van der Waals surface area contributed by atoms with E-state index in [1.54, 1.807) is 0 Å². The van der Waals surface area contributed by atoms with Gasteiger partial charge >= 0.3 is 0 Å². The van der Waals surface area contributed by atoms with Gasteiger partial charge in [0.25, 0.3) is 0 Å². The quantitative estimate of drug-likeness (QED) is 0.869. The summed E-state index contributed by atoms with van der Waals surface area (Å²) in [6.45, 7) is 2.90. The average Bonchev–Trinajstić information content (AvgIpc) is 2.59. The molecule has 3 N–H and O–H groups in total. The standard InChI is InChI=1S/C15H23N3O/c1-3-13(15(16)19)18-10-6-8-12(17-2)11-7-4-5-9-14(11)18/h4-5,7,9,12-13,17H,3,6,8,10H2,1-2H3,(H2,16,19). The zero-order valence-corrected chi connectivity index (χ0v) is 11.7. The molecule has 0 aromatic heterocycles. The maximum absolute atomic E-state index is 11.7. The fourth-order valence-corrected chi connectivity index (χ4v) is 2.98. The zero-order valence-electron chi connectivity index (χ0n) is 11.7. The third kappa shape index (κ3) is 2.73. The third-order valence-corrected chi connectivity index (χ3v) is 3.95. The Kier molecular flexibility index (Phi) is 4.43. The second-order valence-electron chi connectivity index (χ2n) is 5.06. The molecular weight excluding hydrogens is 238 g/mol. The molecule has 1 amide bonds. The van der Waals surface area contributed by atoms with Crippen LogP contribution in [-0.4, -0.2) is 25.5 Å².